The molecule has 6 heteroatoms. The zero-order valence-corrected chi connectivity index (χ0v) is 14.2. The number of anilines is 2. The Morgan fingerprint density at radius 2 is 1.92 bits per heavy atom. The lowest BCUT2D eigenvalue weighted by Gasteiger charge is -2.23. The van der Waals surface area contributed by atoms with Gasteiger partial charge in [-0.3, -0.25) is 0 Å². The van der Waals surface area contributed by atoms with Gasteiger partial charge in [0, 0.05) is 23.2 Å². The number of pyridine rings is 1. The molecule has 3 N–H and O–H groups in total. The van der Waals surface area contributed by atoms with E-state index in [0.29, 0.717) is 17.4 Å². The minimum Gasteiger partial charge on any atom is -0.393 e. The van der Waals surface area contributed by atoms with Crippen LogP contribution in [0.15, 0.2) is 36.5 Å². The number of aliphatic hydroxyl groups excluding tert-OH is 1. The fourth-order valence-electron chi connectivity index (χ4n) is 3.98. The van der Waals surface area contributed by atoms with Gasteiger partial charge in [0.05, 0.1) is 23.2 Å². The second-order valence-electron chi connectivity index (χ2n) is 7.07. The minimum atomic E-state index is -0.297. The number of nitrogens with zero attached hydrogens (tertiary/aromatic N) is 2. The van der Waals surface area contributed by atoms with Gasteiger partial charge in [-0.05, 0) is 56.0 Å². The number of aromatic amines is 1. The van der Waals surface area contributed by atoms with E-state index in [1.807, 2.05) is 12.1 Å². The lowest BCUT2D eigenvalue weighted by Crippen LogP contribution is -2.17. The topological polar surface area (TPSA) is 73.8 Å². The molecule has 132 valence electrons. The number of hydrogen-bond donors (Lipinski definition) is 3. The molecule has 3 aromatic rings. The van der Waals surface area contributed by atoms with Crippen molar-refractivity contribution in [2.75, 3.05) is 5.32 Å². The normalized spacial score (nSPS) is 21.2. The van der Waals surface area contributed by atoms with Crippen molar-refractivity contribution in [2.45, 2.75) is 37.7 Å². The van der Waals surface area contributed by atoms with Crippen LogP contribution in [-0.2, 0) is 0 Å². The lowest BCUT2D eigenvalue weighted by atomic mass is 9.87. The molecule has 2 aliphatic rings. The van der Waals surface area contributed by atoms with Crippen LogP contribution in [0.25, 0.3) is 22.5 Å². The average Bonchev–Trinajstić information content (AvgIpc) is 3.03. The summed E-state index contributed by atoms with van der Waals surface area (Å²) in [6.07, 6.45) is 4.96. The van der Waals surface area contributed by atoms with Crippen molar-refractivity contribution in [3.05, 3.63) is 48.2 Å². The zero-order valence-electron chi connectivity index (χ0n) is 14.2. The van der Waals surface area contributed by atoms with Gasteiger partial charge in [-0.2, -0.15) is 0 Å². The Bertz CT molecular complexity index is 976. The summed E-state index contributed by atoms with van der Waals surface area (Å²) in [5, 5.41) is 13.0. The highest BCUT2D eigenvalue weighted by Gasteiger charge is 2.28. The fourth-order valence-corrected chi connectivity index (χ4v) is 3.98. The van der Waals surface area contributed by atoms with E-state index in [1.54, 1.807) is 12.3 Å². The molecule has 1 aliphatic heterocycles. The summed E-state index contributed by atoms with van der Waals surface area (Å²) >= 11 is 0. The van der Waals surface area contributed by atoms with Crippen molar-refractivity contribution in [3.63, 3.8) is 0 Å². The molecule has 1 aliphatic carbocycles. The number of nitrogens with one attached hydrogen (secondary N) is 2. The Morgan fingerprint density at radius 1 is 1.08 bits per heavy atom. The monoisotopic (exact) mass is 350 g/mol. The van der Waals surface area contributed by atoms with Crippen LogP contribution in [-0.4, -0.2) is 26.2 Å². The number of benzene rings is 1. The Kier molecular flexibility index (Phi) is 3.53. The predicted octanol–water partition coefficient (Wildman–Crippen LogP) is 4.35. The molecule has 0 radical (unpaired) electrons. The van der Waals surface area contributed by atoms with Crippen LogP contribution in [0.1, 0.15) is 37.4 Å². The molecule has 0 bridgehead atoms. The molecule has 0 atom stereocenters. The standard InChI is InChI=1S/C20H19FN4O/c21-12-5-8-14-16(10-12)23-20-15(2-1-9-22-20)18-17(14)24-19(25-18)11-3-6-13(26)7-4-11/h1-2,5,8-11,13,26H,3-4,6-7H2,(H,22,23)(H,24,25)/t11-,13+. The average molecular weight is 350 g/mol. The van der Waals surface area contributed by atoms with Gasteiger partial charge in [0.2, 0.25) is 0 Å². The Morgan fingerprint density at radius 3 is 2.77 bits per heavy atom. The van der Waals surface area contributed by atoms with Gasteiger partial charge in [0.15, 0.2) is 0 Å². The third-order valence-corrected chi connectivity index (χ3v) is 5.37. The van der Waals surface area contributed by atoms with Crippen molar-refractivity contribution in [3.8, 4) is 22.5 Å². The molecule has 5 rings (SSSR count). The van der Waals surface area contributed by atoms with E-state index >= 15 is 0 Å². The predicted molar refractivity (Wildman–Crippen MR) is 97.7 cm³/mol. The summed E-state index contributed by atoms with van der Waals surface area (Å²) in [6.45, 7) is 0. The van der Waals surface area contributed by atoms with E-state index in [9.17, 15) is 9.50 Å². The maximum absolute atomic E-state index is 13.8. The third kappa shape index (κ3) is 2.49. The van der Waals surface area contributed by atoms with Crippen molar-refractivity contribution in [2.24, 2.45) is 0 Å². The van der Waals surface area contributed by atoms with Crippen LogP contribution >= 0.6 is 0 Å². The Balaban J connectivity index is 1.68. The van der Waals surface area contributed by atoms with Crippen LogP contribution in [0.3, 0.4) is 0 Å². The molecule has 1 saturated carbocycles. The van der Waals surface area contributed by atoms with Gasteiger partial charge in [-0.15, -0.1) is 0 Å². The zero-order chi connectivity index (χ0) is 17.7. The highest BCUT2D eigenvalue weighted by atomic mass is 19.1. The third-order valence-electron chi connectivity index (χ3n) is 5.37. The van der Waals surface area contributed by atoms with Crippen LogP contribution in [0.5, 0.6) is 0 Å². The van der Waals surface area contributed by atoms with Gasteiger partial charge in [-0.25, -0.2) is 14.4 Å². The lowest BCUT2D eigenvalue weighted by molar-refractivity contribution is 0.121. The maximum atomic E-state index is 13.8. The second-order valence-corrected chi connectivity index (χ2v) is 7.07. The van der Waals surface area contributed by atoms with E-state index in [2.05, 4.69) is 15.3 Å². The molecule has 26 heavy (non-hydrogen) atoms. The smallest absolute Gasteiger partial charge is 0.139 e. The summed E-state index contributed by atoms with van der Waals surface area (Å²) in [7, 11) is 0. The van der Waals surface area contributed by atoms with Crippen molar-refractivity contribution in [1.29, 1.82) is 0 Å². The molecule has 1 aromatic carbocycles. The summed E-state index contributed by atoms with van der Waals surface area (Å²) in [5.41, 5.74) is 4.18. The molecular weight excluding hydrogens is 331 g/mol. The van der Waals surface area contributed by atoms with E-state index in [4.69, 9.17) is 4.98 Å². The van der Waals surface area contributed by atoms with Crippen LogP contribution < -0.4 is 5.32 Å². The summed E-state index contributed by atoms with van der Waals surface area (Å²) in [6, 6.07) is 8.58. The van der Waals surface area contributed by atoms with Gasteiger partial charge in [-0.1, -0.05) is 0 Å². The number of H-pyrrole nitrogens is 1. The Hall–Kier alpha value is -2.73. The summed E-state index contributed by atoms with van der Waals surface area (Å²) in [5.74, 6) is 1.64. The molecule has 0 unspecified atom stereocenters. The fraction of sp³-hybridized carbons (Fsp3) is 0.300. The number of halogens is 1. The van der Waals surface area contributed by atoms with Crippen molar-refractivity contribution < 1.29 is 9.50 Å². The van der Waals surface area contributed by atoms with E-state index < -0.39 is 0 Å². The first kappa shape index (κ1) is 15.5. The van der Waals surface area contributed by atoms with Crippen LogP contribution in [0.2, 0.25) is 0 Å². The first-order chi connectivity index (χ1) is 12.7. The van der Waals surface area contributed by atoms with Gasteiger partial charge >= 0.3 is 0 Å². The van der Waals surface area contributed by atoms with Gasteiger partial charge in [0.1, 0.15) is 17.5 Å². The molecule has 5 nitrogen and oxygen atoms in total. The molecule has 2 aromatic heterocycles. The first-order valence-corrected chi connectivity index (χ1v) is 8.99. The number of aromatic nitrogens is 3. The van der Waals surface area contributed by atoms with Gasteiger partial charge in [0.25, 0.3) is 0 Å². The largest absolute Gasteiger partial charge is 0.393 e. The maximum Gasteiger partial charge on any atom is 0.139 e. The number of hydrogen-bond acceptors (Lipinski definition) is 4. The highest BCUT2D eigenvalue weighted by Crippen LogP contribution is 2.44. The van der Waals surface area contributed by atoms with Crippen molar-refractivity contribution in [1.82, 2.24) is 15.0 Å². The first-order valence-electron chi connectivity index (χ1n) is 8.99. The molecule has 3 heterocycles. The highest BCUT2D eigenvalue weighted by molar-refractivity contribution is 5.94. The van der Waals surface area contributed by atoms with Crippen LogP contribution in [0.4, 0.5) is 15.9 Å². The van der Waals surface area contributed by atoms with E-state index in [0.717, 1.165) is 54.0 Å². The van der Waals surface area contributed by atoms with Crippen molar-refractivity contribution >= 4 is 11.5 Å². The Labute approximate surface area is 150 Å². The van der Waals surface area contributed by atoms with Crippen LogP contribution in [0, 0.1) is 5.82 Å². The van der Waals surface area contributed by atoms with E-state index in [-0.39, 0.29) is 11.9 Å². The number of imidazole rings is 1. The summed E-state index contributed by atoms with van der Waals surface area (Å²) < 4.78 is 13.8. The molecule has 1 fully saturated rings. The quantitative estimate of drug-likeness (QED) is 0.477. The van der Waals surface area contributed by atoms with E-state index in [1.165, 1.54) is 12.1 Å². The number of aliphatic hydroxyl groups is 1. The second kappa shape index (κ2) is 5.92. The molecule has 0 spiro atoms. The number of rotatable bonds is 1. The molecule has 0 amide bonds. The van der Waals surface area contributed by atoms with Gasteiger partial charge < -0.3 is 15.4 Å². The SMILES string of the molecule is O[C@H]1CC[C@@H](c2nc3c([nH]2)-c2cccnc2Nc2cc(F)ccc2-3)CC1. The number of fused-ring (bicyclic) bond motifs is 5. The summed E-state index contributed by atoms with van der Waals surface area (Å²) in [4.78, 5) is 12.8. The molecule has 0 saturated heterocycles. The molecular formula is C20H19FN4O. The minimum absolute atomic E-state index is 0.197.